The number of ketones is 1. The standard InChI is InChI=1S/C19H30O3/c1-3-5-6-16(20)17(18(21)22-4-2)19-10-13-7-14(11-19)9-15(8-13)12-19/h13-15,17H,3-12H2,1-2H3/t13?,14?,15?,17-,19?/m1/s1. The van der Waals surface area contributed by atoms with Crippen LogP contribution in [-0.2, 0) is 14.3 Å². The van der Waals surface area contributed by atoms with E-state index >= 15 is 0 Å². The van der Waals surface area contributed by atoms with Gasteiger partial charge in [0, 0.05) is 6.42 Å². The van der Waals surface area contributed by atoms with Gasteiger partial charge in [0.25, 0.3) is 0 Å². The Hall–Kier alpha value is -0.860. The van der Waals surface area contributed by atoms with Crippen molar-refractivity contribution in [2.45, 2.75) is 71.6 Å². The van der Waals surface area contributed by atoms with Gasteiger partial charge in [0.15, 0.2) is 0 Å². The Balaban J connectivity index is 1.84. The zero-order valence-corrected chi connectivity index (χ0v) is 14.1. The molecule has 0 spiro atoms. The molecule has 22 heavy (non-hydrogen) atoms. The predicted octanol–water partition coefficient (Wildman–Crippen LogP) is 4.14. The first-order chi connectivity index (χ1) is 10.6. The first-order valence-corrected chi connectivity index (χ1v) is 9.27. The van der Waals surface area contributed by atoms with Gasteiger partial charge in [-0.25, -0.2) is 0 Å². The quantitative estimate of drug-likeness (QED) is 0.524. The molecule has 3 nitrogen and oxygen atoms in total. The van der Waals surface area contributed by atoms with Crippen LogP contribution in [0.15, 0.2) is 0 Å². The van der Waals surface area contributed by atoms with Crippen LogP contribution in [0.25, 0.3) is 0 Å². The van der Waals surface area contributed by atoms with Crippen LogP contribution in [0.1, 0.15) is 71.6 Å². The van der Waals surface area contributed by atoms with Crippen LogP contribution in [0.2, 0.25) is 0 Å². The van der Waals surface area contributed by atoms with Crippen LogP contribution in [0.4, 0.5) is 0 Å². The van der Waals surface area contributed by atoms with E-state index < -0.39 is 5.92 Å². The largest absolute Gasteiger partial charge is 0.465 e. The third-order valence-electron chi connectivity index (χ3n) is 6.32. The van der Waals surface area contributed by atoms with Gasteiger partial charge < -0.3 is 4.74 Å². The van der Waals surface area contributed by atoms with Crippen LogP contribution in [-0.4, -0.2) is 18.4 Å². The van der Waals surface area contributed by atoms with Gasteiger partial charge in [0.2, 0.25) is 0 Å². The van der Waals surface area contributed by atoms with Crippen molar-refractivity contribution in [3.05, 3.63) is 0 Å². The Bertz CT molecular complexity index is 405. The molecule has 0 radical (unpaired) electrons. The molecule has 0 aromatic carbocycles. The van der Waals surface area contributed by atoms with Gasteiger partial charge in [-0.15, -0.1) is 0 Å². The summed E-state index contributed by atoms with van der Waals surface area (Å²) in [6, 6.07) is 0. The summed E-state index contributed by atoms with van der Waals surface area (Å²) in [4.78, 5) is 25.5. The van der Waals surface area contributed by atoms with Crippen LogP contribution in [0.3, 0.4) is 0 Å². The minimum Gasteiger partial charge on any atom is -0.465 e. The van der Waals surface area contributed by atoms with Gasteiger partial charge in [-0.1, -0.05) is 13.3 Å². The number of hydrogen-bond donors (Lipinski definition) is 0. The molecule has 0 aliphatic heterocycles. The lowest BCUT2D eigenvalue weighted by atomic mass is 9.46. The van der Waals surface area contributed by atoms with E-state index in [1.807, 2.05) is 6.92 Å². The maximum absolute atomic E-state index is 12.8. The fourth-order valence-electron chi connectivity index (χ4n) is 5.98. The molecule has 3 heteroatoms. The van der Waals surface area contributed by atoms with Crippen molar-refractivity contribution in [1.29, 1.82) is 0 Å². The Kier molecular flexibility index (Phi) is 4.61. The fraction of sp³-hybridized carbons (Fsp3) is 0.895. The van der Waals surface area contributed by atoms with E-state index in [0.29, 0.717) is 13.0 Å². The summed E-state index contributed by atoms with van der Waals surface area (Å²) in [6.07, 6.45) is 9.68. The van der Waals surface area contributed by atoms with E-state index in [9.17, 15) is 9.59 Å². The van der Waals surface area contributed by atoms with E-state index in [1.165, 1.54) is 19.3 Å². The average molecular weight is 306 g/mol. The summed E-state index contributed by atoms with van der Waals surface area (Å²) >= 11 is 0. The van der Waals surface area contributed by atoms with E-state index in [0.717, 1.165) is 49.9 Å². The maximum atomic E-state index is 12.8. The summed E-state index contributed by atoms with van der Waals surface area (Å²) in [5.74, 6) is 1.70. The number of rotatable bonds is 7. The second kappa shape index (κ2) is 6.33. The molecular weight excluding hydrogens is 276 g/mol. The van der Waals surface area contributed by atoms with E-state index in [1.54, 1.807) is 0 Å². The summed E-state index contributed by atoms with van der Waals surface area (Å²) in [5, 5.41) is 0. The second-order valence-electron chi connectivity index (χ2n) is 8.03. The third kappa shape index (κ3) is 2.83. The van der Waals surface area contributed by atoms with Crippen LogP contribution < -0.4 is 0 Å². The highest BCUT2D eigenvalue weighted by Crippen LogP contribution is 2.63. The van der Waals surface area contributed by atoms with Crippen LogP contribution in [0, 0.1) is 29.1 Å². The monoisotopic (exact) mass is 306 g/mol. The number of unbranched alkanes of at least 4 members (excludes halogenated alkanes) is 1. The van der Waals surface area contributed by atoms with Gasteiger partial charge in [0.1, 0.15) is 11.7 Å². The highest BCUT2D eigenvalue weighted by Gasteiger charge is 2.58. The molecule has 0 N–H and O–H groups in total. The topological polar surface area (TPSA) is 43.4 Å². The minimum atomic E-state index is -0.479. The molecule has 0 saturated heterocycles. The highest BCUT2D eigenvalue weighted by molar-refractivity contribution is 6.00. The molecule has 4 saturated carbocycles. The molecule has 0 amide bonds. The van der Waals surface area contributed by atoms with Crippen molar-refractivity contribution < 1.29 is 14.3 Å². The molecule has 0 heterocycles. The van der Waals surface area contributed by atoms with E-state index in [4.69, 9.17) is 4.74 Å². The van der Waals surface area contributed by atoms with Crippen molar-refractivity contribution in [1.82, 2.24) is 0 Å². The first kappa shape index (κ1) is 16.0. The normalized spacial score (nSPS) is 37.1. The fourth-order valence-corrected chi connectivity index (χ4v) is 5.98. The SMILES string of the molecule is CCCCC(=O)[C@H](C(=O)OCC)C12CC3CC(CC(C3)C1)C2. The Morgan fingerprint density at radius 3 is 2.05 bits per heavy atom. The Labute approximate surface area is 134 Å². The Morgan fingerprint density at radius 1 is 1.05 bits per heavy atom. The molecule has 0 aromatic rings. The van der Waals surface area contributed by atoms with Crippen LogP contribution in [0.5, 0.6) is 0 Å². The van der Waals surface area contributed by atoms with E-state index in [-0.39, 0.29) is 17.2 Å². The summed E-state index contributed by atoms with van der Waals surface area (Å²) in [6.45, 7) is 4.31. The maximum Gasteiger partial charge on any atom is 0.317 e. The van der Waals surface area contributed by atoms with Gasteiger partial charge in [-0.05, 0) is 75.0 Å². The molecule has 4 aliphatic carbocycles. The molecule has 4 bridgehead atoms. The number of Topliss-reactive ketones (excluding diaryl/α,β-unsaturated/α-hetero) is 1. The zero-order valence-electron chi connectivity index (χ0n) is 14.1. The molecule has 124 valence electrons. The molecular formula is C19H30O3. The van der Waals surface area contributed by atoms with Crippen LogP contribution >= 0.6 is 0 Å². The highest BCUT2D eigenvalue weighted by atomic mass is 16.5. The molecule has 4 fully saturated rings. The predicted molar refractivity (Wildman–Crippen MR) is 85.3 cm³/mol. The summed E-state index contributed by atoms with van der Waals surface area (Å²) < 4.78 is 5.33. The number of hydrogen-bond acceptors (Lipinski definition) is 3. The molecule has 1 atom stereocenters. The summed E-state index contributed by atoms with van der Waals surface area (Å²) in [5.41, 5.74) is -0.0637. The first-order valence-electron chi connectivity index (χ1n) is 9.27. The minimum absolute atomic E-state index is 0.0637. The Morgan fingerprint density at radius 2 is 1.59 bits per heavy atom. The average Bonchev–Trinajstić information content (AvgIpc) is 2.43. The molecule has 0 aromatic heterocycles. The van der Waals surface area contributed by atoms with Gasteiger partial charge in [-0.3, -0.25) is 9.59 Å². The number of carbonyl (C=O) groups excluding carboxylic acids is 2. The van der Waals surface area contributed by atoms with Crippen molar-refractivity contribution in [3.63, 3.8) is 0 Å². The van der Waals surface area contributed by atoms with Gasteiger partial charge in [0.05, 0.1) is 6.61 Å². The molecule has 4 rings (SSSR count). The lowest BCUT2D eigenvalue weighted by Crippen LogP contribution is -2.53. The van der Waals surface area contributed by atoms with Gasteiger partial charge in [-0.2, -0.15) is 0 Å². The van der Waals surface area contributed by atoms with Crippen molar-refractivity contribution in [3.8, 4) is 0 Å². The lowest BCUT2D eigenvalue weighted by molar-refractivity contribution is -0.168. The van der Waals surface area contributed by atoms with E-state index in [2.05, 4.69) is 6.92 Å². The van der Waals surface area contributed by atoms with Crippen molar-refractivity contribution >= 4 is 11.8 Å². The van der Waals surface area contributed by atoms with Gasteiger partial charge >= 0.3 is 5.97 Å². The zero-order chi connectivity index (χ0) is 15.7. The lowest BCUT2D eigenvalue weighted by Gasteiger charge is -2.58. The smallest absolute Gasteiger partial charge is 0.317 e. The summed E-state index contributed by atoms with van der Waals surface area (Å²) in [7, 11) is 0. The number of ether oxygens (including phenoxy) is 1. The van der Waals surface area contributed by atoms with Crippen molar-refractivity contribution in [2.24, 2.45) is 29.1 Å². The molecule has 0 unspecified atom stereocenters. The molecule has 4 aliphatic rings. The third-order valence-corrected chi connectivity index (χ3v) is 6.32. The van der Waals surface area contributed by atoms with Crippen molar-refractivity contribution in [2.75, 3.05) is 6.61 Å². The number of esters is 1. The number of carbonyl (C=O) groups is 2. The second-order valence-corrected chi connectivity index (χ2v) is 8.03.